The number of hydrogen-bond donors (Lipinski definition) is 1. The zero-order valence-corrected chi connectivity index (χ0v) is 20.5. The summed E-state index contributed by atoms with van der Waals surface area (Å²) in [4.78, 5) is 16.2. The average Bonchev–Trinajstić information content (AvgIpc) is 2.77. The Morgan fingerprint density at radius 1 is 1.15 bits per heavy atom. The lowest BCUT2D eigenvalue weighted by molar-refractivity contribution is -0.137. The number of thioether (sulfide) groups is 1. The van der Waals surface area contributed by atoms with Crippen LogP contribution in [0.4, 0.5) is 13.2 Å². The predicted octanol–water partition coefficient (Wildman–Crippen LogP) is 5.96. The Balaban J connectivity index is 2.07. The number of alkyl halides is 3. The van der Waals surface area contributed by atoms with Crippen LogP contribution >= 0.6 is 11.8 Å². The Labute approximate surface area is 197 Å². The van der Waals surface area contributed by atoms with Gasteiger partial charge in [-0.05, 0) is 64.1 Å². The molecule has 1 saturated heterocycles. The molecule has 2 aromatic carbocycles. The number of rotatable bonds is 5. The highest BCUT2D eigenvalue weighted by atomic mass is 32.2. The summed E-state index contributed by atoms with van der Waals surface area (Å²) < 4.78 is 45.4. The van der Waals surface area contributed by atoms with Gasteiger partial charge in [-0.2, -0.15) is 13.2 Å². The second-order valence-corrected chi connectivity index (χ2v) is 10.2. The number of ether oxygens (including phenoxy) is 1. The van der Waals surface area contributed by atoms with Gasteiger partial charge in [-0.3, -0.25) is 9.69 Å². The molecule has 0 spiro atoms. The first-order valence-corrected chi connectivity index (χ1v) is 12.1. The lowest BCUT2D eigenvalue weighted by Gasteiger charge is -2.48. The second-order valence-electron chi connectivity index (χ2n) is 9.35. The smallest absolute Gasteiger partial charge is 0.416 e. The van der Waals surface area contributed by atoms with Crippen molar-refractivity contribution < 1.29 is 22.7 Å². The number of nitrogens with one attached hydrogen (secondary N) is 1. The zero-order chi connectivity index (χ0) is 24.4. The van der Waals surface area contributed by atoms with Gasteiger partial charge in [-0.15, -0.1) is 11.8 Å². The molecule has 1 atom stereocenters. The van der Waals surface area contributed by atoms with E-state index in [0.717, 1.165) is 48.8 Å². The molecule has 0 bridgehead atoms. The van der Waals surface area contributed by atoms with Crippen molar-refractivity contribution in [3.05, 3.63) is 59.2 Å². The first-order chi connectivity index (χ1) is 15.4. The van der Waals surface area contributed by atoms with Crippen LogP contribution in [0, 0.1) is 0 Å². The maximum absolute atomic E-state index is 13.7. The molecular weight excluding hydrogens is 449 g/mol. The van der Waals surface area contributed by atoms with Crippen LogP contribution in [0.3, 0.4) is 0 Å². The van der Waals surface area contributed by atoms with E-state index >= 15 is 0 Å². The van der Waals surface area contributed by atoms with Crippen LogP contribution < -0.4 is 10.1 Å². The zero-order valence-electron chi connectivity index (χ0n) is 19.7. The Morgan fingerprint density at radius 2 is 1.82 bits per heavy atom. The van der Waals surface area contributed by atoms with Gasteiger partial charge in [0, 0.05) is 17.0 Å². The predicted molar refractivity (Wildman–Crippen MR) is 126 cm³/mol. The molecule has 0 radical (unpaired) electrons. The molecule has 1 heterocycles. The molecule has 8 heteroatoms. The van der Waals surface area contributed by atoms with E-state index in [1.807, 2.05) is 30.3 Å². The minimum Gasteiger partial charge on any atom is -0.496 e. The van der Waals surface area contributed by atoms with Crippen LogP contribution in [-0.4, -0.2) is 42.8 Å². The monoisotopic (exact) mass is 480 g/mol. The van der Waals surface area contributed by atoms with E-state index in [1.54, 1.807) is 6.26 Å². The van der Waals surface area contributed by atoms with Gasteiger partial charge in [-0.25, -0.2) is 0 Å². The Morgan fingerprint density at radius 3 is 2.36 bits per heavy atom. The fourth-order valence-electron chi connectivity index (χ4n) is 4.37. The minimum absolute atomic E-state index is 0.0848. The van der Waals surface area contributed by atoms with Crippen LogP contribution in [0.25, 0.3) is 0 Å². The summed E-state index contributed by atoms with van der Waals surface area (Å²) in [5, 5.41) is 3.22. The van der Waals surface area contributed by atoms with Crippen LogP contribution in [0.1, 0.15) is 55.1 Å². The van der Waals surface area contributed by atoms with Crippen molar-refractivity contribution in [1.29, 1.82) is 0 Å². The molecule has 1 unspecified atom stereocenters. The van der Waals surface area contributed by atoms with E-state index in [2.05, 4.69) is 31.0 Å². The number of methoxy groups -OCH3 is 1. The van der Waals surface area contributed by atoms with Crippen molar-refractivity contribution in [2.75, 3.05) is 26.5 Å². The highest BCUT2D eigenvalue weighted by Crippen LogP contribution is 2.40. The van der Waals surface area contributed by atoms with Crippen LogP contribution in [0.15, 0.2) is 47.4 Å². The van der Waals surface area contributed by atoms with E-state index in [4.69, 9.17) is 4.74 Å². The van der Waals surface area contributed by atoms with Gasteiger partial charge in [0.15, 0.2) is 0 Å². The number of benzene rings is 2. The third-order valence-electron chi connectivity index (χ3n) is 6.18. The minimum atomic E-state index is -4.53. The number of piperidine rings is 1. The van der Waals surface area contributed by atoms with E-state index in [1.165, 1.54) is 7.11 Å². The number of carbonyl (C=O) groups excluding carboxylic acids is 1. The van der Waals surface area contributed by atoms with Gasteiger partial charge in [0.1, 0.15) is 5.75 Å². The van der Waals surface area contributed by atoms with Crippen LogP contribution in [-0.2, 0) is 11.7 Å². The molecule has 1 aliphatic rings. The maximum atomic E-state index is 13.7. The number of nitrogens with zero attached hydrogens (tertiary/aromatic N) is 1. The van der Waals surface area contributed by atoms with Crippen LogP contribution in [0.2, 0.25) is 0 Å². The SMILES string of the molecule is COc1cc(C(F)(F)F)cc(SC)c1C(=O)NC1(c2ccccc2)CCCN(C(C)(C)C)C1. The Bertz CT molecular complexity index is 964. The van der Waals surface area contributed by atoms with Crippen molar-refractivity contribution in [1.82, 2.24) is 10.2 Å². The van der Waals surface area contributed by atoms with Gasteiger partial charge in [0.2, 0.25) is 0 Å². The lowest BCUT2D eigenvalue weighted by Crippen LogP contribution is -2.60. The maximum Gasteiger partial charge on any atom is 0.416 e. The fourth-order valence-corrected chi connectivity index (χ4v) is 5.02. The highest BCUT2D eigenvalue weighted by molar-refractivity contribution is 7.98. The number of likely N-dealkylation sites (tertiary alicyclic amines) is 1. The largest absolute Gasteiger partial charge is 0.496 e. The third kappa shape index (κ3) is 5.49. The normalized spacial score (nSPS) is 19.9. The molecule has 2 aromatic rings. The molecule has 0 aliphatic carbocycles. The van der Waals surface area contributed by atoms with Gasteiger partial charge in [0.25, 0.3) is 5.91 Å². The molecule has 0 aromatic heterocycles. The van der Waals surface area contributed by atoms with Gasteiger partial charge in [0.05, 0.1) is 23.8 Å². The number of halogens is 3. The molecule has 1 N–H and O–H groups in total. The molecule has 33 heavy (non-hydrogen) atoms. The highest BCUT2D eigenvalue weighted by Gasteiger charge is 2.42. The summed E-state index contributed by atoms with van der Waals surface area (Å²) in [5.41, 5.74) is -0.505. The molecule has 3 rings (SSSR count). The van der Waals surface area contributed by atoms with Crippen molar-refractivity contribution >= 4 is 17.7 Å². The van der Waals surface area contributed by atoms with Gasteiger partial charge >= 0.3 is 6.18 Å². The summed E-state index contributed by atoms with van der Waals surface area (Å²) in [7, 11) is 1.28. The molecule has 1 fully saturated rings. The summed E-state index contributed by atoms with van der Waals surface area (Å²) in [5.74, 6) is -0.525. The summed E-state index contributed by atoms with van der Waals surface area (Å²) in [6.45, 7) is 7.93. The van der Waals surface area contributed by atoms with Crippen molar-refractivity contribution in [3.8, 4) is 5.75 Å². The average molecular weight is 481 g/mol. The molecular formula is C25H31F3N2O2S. The summed E-state index contributed by atoms with van der Waals surface area (Å²) in [6, 6.07) is 11.7. The van der Waals surface area contributed by atoms with Gasteiger partial charge in [-0.1, -0.05) is 30.3 Å². The summed E-state index contributed by atoms with van der Waals surface area (Å²) >= 11 is 1.09. The Kier molecular flexibility index (Phi) is 7.39. The molecule has 0 saturated carbocycles. The van der Waals surface area contributed by atoms with Crippen molar-refractivity contribution in [2.45, 2.75) is 55.8 Å². The van der Waals surface area contributed by atoms with E-state index in [0.29, 0.717) is 6.54 Å². The first-order valence-electron chi connectivity index (χ1n) is 10.9. The number of hydrogen-bond acceptors (Lipinski definition) is 4. The molecule has 180 valence electrons. The first kappa shape index (κ1) is 25.4. The van der Waals surface area contributed by atoms with E-state index in [9.17, 15) is 18.0 Å². The quantitative estimate of drug-likeness (QED) is 0.537. The van der Waals surface area contributed by atoms with E-state index in [-0.39, 0.29) is 21.7 Å². The summed E-state index contributed by atoms with van der Waals surface area (Å²) in [6.07, 6.45) is -1.27. The number of carbonyl (C=O) groups is 1. The van der Waals surface area contributed by atoms with E-state index < -0.39 is 23.2 Å². The molecule has 4 nitrogen and oxygen atoms in total. The molecule has 1 amide bonds. The number of amides is 1. The topological polar surface area (TPSA) is 41.6 Å². The van der Waals surface area contributed by atoms with Crippen LogP contribution in [0.5, 0.6) is 5.75 Å². The van der Waals surface area contributed by atoms with Crippen molar-refractivity contribution in [2.24, 2.45) is 0 Å². The third-order valence-corrected chi connectivity index (χ3v) is 6.94. The standard InChI is InChI=1S/C25H31F3N2O2S/c1-23(2,3)30-13-9-12-24(16-30,17-10-7-6-8-11-17)29-22(31)21-19(32-4)14-18(25(26,27)28)15-20(21)33-5/h6-8,10-11,14-15H,9,12-13,16H2,1-5H3,(H,29,31). The Hall–Kier alpha value is -2.19. The molecule has 1 aliphatic heterocycles. The second kappa shape index (κ2) is 9.58. The van der Waals surface area contributed by atoms with Crippen molar-refractivity contribution in [3.63, 3.8) is 0 Å². The fraction of sp³-hybridized carbons (Fsp3) is 0.480. The lowest BCUT2D eigenvalue weighted by atomic mass is 9.80. The van der Waals surface area contributed by atoms with Gasteiger partial charge < -0.3 is 10.1 Å².